The predicted molar refractivity (Wildman–Crippen MR) is 64.2 cm³/mol. The Kier molecular flexibility index (Phi) is 3.68. The van der Waals surface area contributed by atoms with E-state index in [1.165, 1.54) is 0 Å². The quantitative estimate of drug-likeness (QED) is 0.871. The molecule has 1 aromatic rings. The third-order valence-corrected chi connectivity index (χ3v) is 2.59. The van der Waals surface area contributed by atoms with Crippen molar-refractivity contribution in [1.29, 1.82) is 5.26 Å². The number of ether oxygens (including phenoxy) is 2. The van der Waals surface area contributed by atoms with E-state index in [-0.39, 0.29) is 25.0 Å². The molecule has 18 heavy (non-hydrogen) atoms. The average Bonchev–Trinajstić information content (AvgIpc) is 2.38. The number of hydrogen-bond donors (Lipinski definition) is 1. The fourth-order valence-electron chi connectivity index (χ4n) is 1.67. The third-order valence-electron chi connectivity index (χ3n) is 2.59. The molecular weight excluding hydrogens is 232 g/mol. The summed E-state index contributed by atoms with van der Waals surface area (Å²) in [5.74, 6) is 0.954. The van der Waals surface area contributed by atoms with Crippen molar-refractivity contribution in [2.24, 2.45) is 0 Å². The van der Waals surface area contributed by atoms with E-state index in [0.29, 0.717) is 11.5 Å². The Morgan fingerprint density at radius 2 is 2.28 bits per heavy atom. The summed E-state index contributed by atoms with van der Waals surface area (Å²) < 4.78 is 11.0. The minimum atomic E-state index is -0.666. The largest absolute Gasteiger partial charge is 0.485 e. The smallest absolute Gasteiger partial charge is 0.264 e. The van der Waals surface area contributed by atoms with E-state index < -0.39 is 6.10 Å². The SMILES string of the molecule is CC(CC#N)NC(=O)C1COc2ccccc2O1. The number of amides is 1. The van der Waals surface area contributed by atoms with Crippen LogP contribution in [0.2, 0.25) is 0 Å². The molecule has 2 unspecified atom stereocenters. The number of para-hydroxylation sites is 2. The first-order valence-corrected chi connectivity index (χ1v) is 5.76. The van der Waals surface area contributed by atoms with Gasteiger partial charge in [-0.3, -0.25) is 4.79 Å². The molecule has 0 fully saturated rings. The van der Waals surface area contributed by atoms with Gasteiger partial charge in [0.15, 0.2) is 11.5 Å². The summed E-state index contributed by atoms with van der Waals surface area (Å²) in [5, 5.41) is 11.2. The summed E-state index contributed by atoms with van der Waals surface area (Å²) in [6.07, 6.45) is -0.392. The molecule has 5 heteroatoms. The molecule has 0 saturated heterocycles. The van der Waals surface area contributed by atoms with Crippen LogP contribution in [0.5, 0.6) is 11.5 Å². The summed E-state index contributed by atoms with van der Waals surface area (Å²) >= 11 is 0. The maximum Gasteiger partial charge on any atom is 0.264 e. The fraction of sp³-hybridized carbons (Fsp3) is 0.385. The number of rotatable bonds is 3. The van der Waals surface area contributed by atoms with Crippen LogP contribution >= 0.6 is 0 Å². The van der Waals surface area contributed by atoms with Gasteiger partial charge in [-0.05, 0) is 19.1 Å². The molecule has 2 rings (SSSR count). The summed E-state index contributed by atoms with van der Waals surface area (Å²) in [6, 6.07) is 9.03. The zero-order chi connectivity index (χ0) is 13.0. The van der Waals surface area contributed by atoms with Crippen molar-refractivity contribution in [3.8, 4) is 17.6 Å². The second-order valence-electron chi connectivity index (χ2n) is 4.14. The minimum Gasteiger partial charge on any atom is -0.485 e. The lowest BCUT2D eigenvalue weighted by Gasteiger charge is -2.26. The highest BCUT2D eigenvalue weighted by atomic mass is 16.6. The summed E-state index contributed by atoms with van der Waals surface area (Å²) in [7, 11) is 0. The Hall–Kier alpha value is -2.22. The molecule has 1 aromatic carbocycles. The van der Waals surface area contributed by atoms with Crippen LogP contribution < -0.4 is 14.8 Å². The second-order valence-corrected chi connectivity index (χ2v) is 4.14. The van der Waals surface area contributed by atoms with Gasteiger partial charge in [0.25, 0.3) is 5.91 Å². The van der Waals surface area contributed by atoms with Gasteiger partial charge in [0.2, 0.25) is 6.10 Å². The highest BCUT2D eigenvalue weighted by Gasteiger charge is 2.27. The molecule has 0 spiro atoms. The highest BCUT2D eigenvalue weighted by Crippen LogP contribution is 2.30. The molecule has 0 radical (unpaired) electrons. The first-order valence-electron chi connectivity index (χ1n) is 5.76. The third kappa shape index (κ3) is 2.72. The summed E-state index contributed by atoms with van der Waals surface area (Å²) in [4.78, 5) is 11.9. The van der Waals surface area contributed by atoms with E-state index in [1.807, 2.05) is 18.2 Å². The van der Waals surface area contributed by atoms with Gasteiger partial charge < -0.3 is 14.8 Å². The minimum absolute atomic E-state index is 0.183. The van der Waals surface area contributed by atoms with Crippen molar-refractivity contribution in [1.82, 2.24) is 5.32 Å². The fourth-order valence-corrected chi connectivity index (χ4v) is 1.67. The Morgan fingerprint density at radius 1 is 1.56 bits per heavy atom. The molecule has 94 valence electrons. The van der Waals surface area contributed by atoms with Gasteiger partial charge in [-0.15, -0.1) is 0 Å². The van der Waals surface area contributed by atoms with Gasteiger partial charge in [-0.2, -0.15) is 5.26 Å². The van der Waals surface area contributed by atoms with E-state index >= 15 is 0 Å². The Labute approximate surface area is 105 Å². The van der Waals surface area contributed by atoms with Gasteiger partial charge in [0, 0.05) is 6.04 Å². The molecule has 1 aliphatic rings. The highest BCUT2D eigenvalue weighted by molar-refractivity contribution is 5.82. The number of nitrogens with zero attached hydrogens (tertiary/aromatic N) is 1. The van der Waals surface area contributed by atoms with E-state index in [2.05, 4.69) is 5.32 Å². The predicted octanol–water partition coefficient (Wildman–Crippen LogP) is 1.24. The Bertz CT molecular complexity index is 481. The molecule has 0 aliphatic carbocycles. The van der Waals surface area contributed by atoms with E-state index in [1.54, 1.807) is 19.1 Å². The van der Waals surface area contributed by atoms with Gasteiger partial charge in [0.1, 0.15) is 6.61 Å². The van der Waals surface area contributed by atoms with Crippen LogP contribution in [0.1, 0.15) is 13.3 Å². The molecule has 0 bridgehead atoms. The van der Waals surface area contributed by atoms with Crippen LogP contribution in [0.25, 0.3) is 0 Å². The first-order chi connectivity index (χ1) is 8.70. The topological polar surface area (TPSA) is 71.4 Å². The van der Waals surface area contributed by atoms with Crippen molar-refractivity contribution in [3.05, 3.63) is 24.3 Å². The van der Waals surface area contributed by atoms with E-state index in [4.69, 9.17) is 14.7 Å². The Balaban J connectivity index is 1.97. The lowest BCUT2D eigenvalue weighted by atomic mass is 10.2. The zero-order valence-electron chi connectivity index (χ0n) is 10.1. The molecular formula is C13H14N2O3. The molecule has 0 saturated carbocycles. The van der Waals surface area contributed by atoms with Crippen LogP contribution in [-0.2, 0) is 4.79 Å². The van der Waals surface area contributed by atoms with Crippen molar-refractivity contribution in [2.45, 2.75) is 25.5 Å². The molecule has 1 amide bonds. The van der Waals surface area contributed by atoms with Gasteiger partial charge in [0.05, 0.1) is 12.5 Å². The second kappa shape index (κ2) is 5.41. The lowest BCUT2D eigenvalue weighted by Crippen LogP contribution is -2.46. The summed E-state index contributed by atoms with van der Waals surface area (Å²) in [5.41, 5.74) is 0. The standard InChI is InChI=1S/C13H14N2O3/c1-9(6-7-14)15-13(16)12-8-17-10-4-2-3-5-11(10)18-12/h2-5,9,12H,6,8H2,1H3,(H,15,16). The van der Waals surface area contributed by atoms with E-state index in [9.17, 15) is 4.79 Å². The van der Waals surface area contributed by atoms with Gasteiger partial charge in [-0.25, -0.2) is 0 Å². The average molecular weight is 246 g/mol. The van der Waals surface area contributed by atoms with Gasteiger partial charge >= 0.3 is 0 Å². The molecule has 5 nitrogen and oxygen atoms in total. The van der Waals surface area contributed by atoms with Crippen LogP contribution in [0.3, 0.4) is 0 Å². The van der Waals surface area contributed by atoms with Crippen molar-refractivity contribution in [3.63, 3.8) is 0 Å². The molecule has 1 aliphatic heterocycles. The molecule has 1 heterocycles. The first kappa shape index (κ1) is 12.2. The van der Waals surface area contributed by atoms with Crippen LogP contribution in [0.15, 0.2) is 24.3 Å². The molecule has 0 aromatic heterocycles. The number of benzene rings is 1. The van der Waals surface area contributed by atoms with Gasteiger partial charge in [-0.1, -0.05) is 12.1 Å². The molecule has 2 atom stereocenters. The van der Waals surface area contributed by atoms with Crippen molar-refractivity contribution < 1.29 is 14.3 Å². The number of carbonyl (C=O) groups excluding carboxylic acids is 1. The van der Waals surface area contributed by atoms with Crippen LogP contribution in [0.4, 0.5) is 0 Å². The zero-order valence-corrected chi connectivity index (χ0v) is 10.1. The number of hydrogen-bond acceptors (Lipinski definition) is 4. The normalized spacial score (nSPS) is 18.6. The lowest BCUT2D eigenvalue weighted by molar-refractivity contribution is -0.130. The summed E-state index contributed by atoms with van der Waals surface area (Å²) in [6.45, 7) is 1.96. The van der Waals surface area contributed by atoms with Crippen LogP contribution in [0, 0.1) is 11.3 Å². The van der Waals surface area contributed by atoms with Crippen molar-refractivity contribution in [2.75, 3.05) is 6.61 Å². The number of carbonyl (C=O) groups is 1. The maximum atomic E-state index is 11.9. The number of nitriles is 1. The maximum absolute atomic E-state index is 11.9. The van der Waals surface area contributed by atoms with Crippen LogP contribution in [-0.4, -0.2) is 24.7 Å². The van der Waals surface area contributed by atoms with E-state index in [0.717, 1.165) is 0 Å². The number of fused-ring (bicyclic) bond motifs is 1. The van der Waals surface area contributed by atoms with Crippen molar-refractivity contribution >= 4 is 5.91 Å². The number of nitrogens with one attached hydrogen (secondary N) is 1. The monoisotopic (exact) mass is 246 g/mol. The Morgan fingerprint density at radius 3 is 3.00 bits per heavy atom. The molecule has 1 N–H and O–H groups in total.